The highest BCUT2D eigenvalue weighted by Gasteiger charge is 2.62. The molecular weight excluding hydrogens is 729 g/mol. The molecule has 52 heavy (non-hydrogen) atoms. The van der Waals surface area contributed by atoms with Crippen LogP contribution in [0.2, 0.25) is 5.15 Å². The van der Waals surface area contributed by atoms with E-state index in [1.165, 1.54) is 47.3 Å². The van der Waals surface area contributed by atoms with Crippen LogP contribution in [0.15, 0.2) is 47.6 Å². The highest BCUT2D eigenvalue weighted by Crippen LogP contribution is 2.59. The first-order valence-corrected chi connectivity index (χ1v) is 18.6. The second-order valence-corrected chi connectivity index (χ2v) is 16.7. The molecule has 1 unspecified atom stereocenters. The standard InChI is InChI=1S/C34H42ClF3N6O7S/c1-31(2,3)51-30(46)43-21-22(20-32(43,4)5)8-7-18-49-25-9-6-10-27(40-25)52(47,48)42-29(45)23-11-12-24(39-28(23)35)44-17-13-26(41-44)50-19-16-33(14-15-33)34(36,37)38/h6,9-13,17,22H,7-8,14-16,18-21H2,1-5H3,(H,42,45). The maximum absolute atomic E-state index is 13.2. The lowest BCUT2D eigenvalue weighted by atomic mass is 9.93. The fraction of sp³-hybridized carbons (Fsp3) is 0.559. The molecule has 3 aromatic heterocycles. The predicted molar refractivity (Wildman–Crippen MR) is 183 cm³/mol. The number of aromatic nitrogens is 4. The van der Waals surface area contributed by atoms with Crippen LogP contribution >= 0.6 is 11.6 Å². The zero-order valence-corrected chi connectivity index (χ0v) is 31.1. The molecule has 0 aromatic carbocycles. The number of likely N-dealkylation sites (tertiary alicyclic amines) is 1. The lowest BCUT2D eigenvalue weighted by Crippen LogP contribution is -2.45. The van der Waals surface area contributed by atoms with Crippen LogP contribution in [-0.4, -0.2) is 82.1 Å². The average Bonchev–Trinajstić information content (AvgIpc) is 3.58. The fourth-order valence-corrected chi connectivity index (χ4v) is 7.19. The van der Waals surface area contributed by atoms with Gasteiger partial charge in [0, 0.05) is 30.4 Å². The van der Waals surface area contributed by atoms with Gasteiger partial charge in [-0.1, -0.05) is 17.7 Å². The minimum Gasteiger partial charge on any atom is -0.478 e. The molecule has 1 aliphatic carbocycles. The molecule has 13 nitrogen and oxygen atoms in total. The Morgan fingerprint density at radius 2 is 1.73 bits per heavy atom. The third-order valence-electron chi connectivity index (χ3n) is 8.94. The number of rotatable bonds is 13. The first-order valence-electron chi connectivity index (χ1n) is 16.8. The van der Waals surface area contributed by atoms with Crippen molar-refractivity contribution in [2.24, 2.45) is 11.3 Å². The Morgan fingerprint density at radius 3 is 2.38 bits per heavy atom. The van der Waals surface area contributed by atoms with Gasteiger partial charge in [0.1, 0.15) is 10.8 Å². The zero-order chi connectivity index (χ0) is 38.1. The summed E-state index contributed by atoms with van der Waals surface area (Å²) in [5.74, 6) is -0.539. The number of alkyl halides is 3. The molecule has 0 spiro atoms. The van der Waals surface area contributed by atoms with Crippen molar-refractivity contribution < 1.29 is 45.4 Å². The second kappa shape index (κ2) is 14.7. The Kier molecular flexibility index (Phi) is 11.1. The molecule has 1 aliphatic heterocycles. The molecule has 1 saturated heterocycles. The second-order valence-electron chi connectivity index (χ2n) is 14.7. The highest BCUT2D eigenvalue weighted by atomic mass is 35.5. The number of carbonyl (C=O) groups is 2. The van der Waals surface area contributed by atoms with Crippen molar-refractivity contribution in [3.63, 3.8) is 0 Å². The molecule has 0 radical (unpaired) electrons. The number of amides is 2. The summed E-state index contributed by atoms with van der Waals surface area (Å²) < 4.78 is 85.5. The molecule has 1 atom stereocenters. The molecule has 2 fully saturated rings. The van der Waals surface area contributed by atoms with Gasteiger partial charge in [-0.25, -0.2) is 19.2 Å². The summed E-state index contributed by atoms with van der Waals surface area (Å²) >= 11 is 6.24. The van der Waals surface area contributed by atoms with E-state index in [1.807, 2.05) is 39.3 Å². The van der Waals surface area contributed by atoms with Gasteiger partial charge in [-0.05, 0) is 97.3 Å². The van der Waals surface area contributed by atoms with Crippen molar-refractivity contribution in [2.75, 3.05) is 19.8 Å². The van der Waals surface area contributed by atoms with E-state index in [-0.39, 0.29) is 78.3 Å². The lowest BCUT2D eigenvalue weighted by Gasteiger charge is -2.33. The van der Waals surface area contributed by atoms with Gasteiger partial charge in [0.25, 0.3) is 15.9 Å². The van der Waals surface area contributed by atoms with E-state index in [0.29, 0.717) is 13.0 Å². The summed E-state index contributed by atoms with van der Waals surface area (Å²) in [7, 11) is -4.45. The molecule has 1 N–H and O–H groups in total. The van der Waals surface area contributed by atoms with Gasteiger partial charge >= 0.3 is 12.3 Å². The van der Waals surface area contributed by atoms with E-state index in [2.05, 4.69) is 15.1 Å². The number of nitrogens with one attached hydrogen (secondary N) is 1. The minimum atomic E-state index is -4.45. The number of sulfonamides is 1. The van der Waals surface area contributed by atoms with Gasteiger partial charge in [-0.3, -0.25) is 4.79 Å². The van der Waals surface area contributed by atoms with Crippen LogP contribution in [0.5, 0.6) is 11.8 Å². The molecule has 284 valence electrons. The van der Waals surface area contributed by atoms with Gasteiger partial charge in [0.05, 0.1) is 24.2 Å². The Hall–Kier alpha value is -4.12. The number of nitrogens with zero attached hydrogens (tertiary/aromatic N) is 5. The van der Waals surface area contributed by atoms with Crippen LogP contribution in [0.4, 0.5) is 18.0 Å². The Balaban J connectivity index is 1.11. The third kappa shape index (κ3) is 9.45. The smallest absolute Gasteiger partial charge is 0.410 e. The number of carbonyl (C=O) groups excluding carboxylic acids is 2. The van der Waals surface area contributed by atoms with Gasteiger partial charge < -0.3 is 19.1 Å². The quantitative estimate of drug-likeness (QED) is 0.146. The maximum Gasteiger partial charge on any atom is 0.410 e. The normalized spacial score (nSPS) is 18.2. The summed E-state index contributed by atoms with van der Waals surface area (Å²) in [6, 6.07) is 8.21. The minimum absolute atomic E-state index is 0.0523. The third-order valence-corrected chi connectivity index (χ3v) is 10.5. The van der Waals surface area contributed by atoms with Crippen LogP contribution in [0, 0.1) is 11.3 Å². The first-order chi connectivity index (χ1) is 24.2. The van der Waals surface area contributed by atoms with E-state index < -0.39 is 38.1 Å². The summed E-state index contributed by atoms with van der Waals surface area (Å²) in [5, 5.41) is 3.36. The number of hydrogen-bond donors (Lipinski definition) is 1. The SMILES string of the molecule is CC(C)(C)OC(=O)N1CC(CCCOc2cccc(S(=O)(=O)NC(=O)c3ccc(-n4ccc(OCCC5(C(F)(F)F)CC5)n4)nc3Cl)n2)CC1(C)C. The van der Waals surface area contributed by atoms with Gasteiger partial charge in [0.15, 0.2) is 10.8 Å². The van der Waals surface area contributed by atoms with Crippen LogP contribution < -0.4 is 14.2 Å². The van der Waals surface area contributed by atoms with Crippen molar-refractivity contribution in [1.82, 2.24) is 29.4 Å². The maximum atomic E-state index is 13.2. The van der Waals surface area contributed by atoms with Gasteiger partial charge in [-0.2, -0.15) is 26.6 Å². The van der Waals surface area contributed by atoms with E-state index in [9.17, 15) is 31.2 Å². The van der Waals surface area contributed by atoms with Gasteiger partial charge in [0.2, 0.25) is 11.8 Å². The average molecular weight is 771 g/mol. The number of halogens is 4. The van der Waals surface area contributed by atoms with Crippen LogP contribution in [-0.2, 0) is 14.8 Å². The predicted octanol–water partition coefficient (Wildman–Crippen LogP) is 6.74. The highest BCUT2D eigenvalue weighted by molar-refractivity contribution is 7.90. The van der Waals surface area contributed by atoms with Crippen molar-refractivity contribution in [2.45, 2.75) is 95.5 Å². The number of pyridine rings is 2. The lowest BCUT2D eigenvalue weighted by molar-refractivity contribution is -0.190. The van der Waals surface area contributed by atoms with Crippen LogP contribution in [0.3, 0.4) is 0 Å². The molecule has 18 heteroatoms. The largest absolute Gasteiger partial charge is 0.478 e. The van der Waals surface area contributed by atoms with Crippen LogP contribution in [0.25, 0.3) is 5.82 Å². The summed E-state index contributed by atoms with van der Waals surface area (Å²) in [5.41, 5.74) is -2.87. The van der Waals surface area contributed by atoms with Crippen molar-refractivity contribution in [3.05, 3.63) is 53.3 Å². The molecule has 2 amide bonds. The first kappa shape index (κ1) is 39.1. The zero-order valence-electron chi connectivity index (χ0n) is 29.5. The van der Waals surface area contributed by atoms with Crippen LogP contribution in [0.1, 0.15) is 83.5 Å². The molecule has 2 aliphatic rings. The molecule has 3 aromatic rings. The summed E-state index contributed by atoms with van der Waals surface area (Å²) in [6.45, 7) is 10.2. The van der Waals surface area contributed by atoms with Crippen molar-refractivity contribution >= 4 is 33.6 Å². The monoisotopic (exact) mass is 770 g/mol. The van der Waals surface area contributed by atoms with E-state index in [4.69, 9.17) is 25.8 Å². The Morgan fingerprint density at radius 1 is 1.02 bits per heavy atom. The molecule has 5 rings (SSSR count). The van der Waals surface area contributed by atoms with Crippen molar-refractivity contribution in [1.29, 1.82) is 0 Å². The molecule has 1 saturated carbocycles. The molecular formula is C34H42ClF3N6O7S. The van der Waals surface area contributed by atoms with E-state index in [0.717, 1.165) is 12.8 Å². The number of ether oxygens (including phenoxy) is 3. The molecule has 4 heterocycles. The Labute approximate surface area is 305 Å². The fourth-order valence-electron chi connectivity index (χ4n) is 6.03. The molecule has 0 bridgehead atoms. The topological polar surface area (TPSA) is 155 Å². The summed E-state index contributed by atoms with van der Waals surface area (Å²) in [4.78, 5) is 35.6. The van der Waals surface area contributed by atoms with Crippen molar-refractivity contribution in [3.8, 4) is 17.6 Å². The van der Waals surface area contributed by atoms with E-state index >= 15 is 0 Å². The van der Waals surface area contributed by atoms with Gasteiger partial charge in [-0.15, -0.1) is 5.10 Å². The number of hydrogen-bond acceptors (Lipinski definition) is 10. The Bertz CT molecular complexity index is 1890. The van der Waals surface area contributed by atoms with E-state index in [1.54, 1.807) is 4.90 Å². The summed E-state index contributed by atoms with van der Waals surface area (Å²) in [6.07, 6.45) is -0.978.